The smallest absolute Gasteiger partial charge is 0.315 e. The number of aryl methyl sites for hydroxylation is 1. The van der Waals surface area contributed by atoms with Crippen LogP contribution in [0.15, 0.2) is 48.5 Å². The monoisotopic (exact) mass is 329 g/mol. The Kier molecular flexibility index (Phi) is 5.34. The highest BCUT2D eigenvalue weighted by molar-refractivity contribution is 5.95. The minimum atomic E-state index is -1.22. The highest BCUT2D eigenvalue weighted by atomic mass is 19.1. The Morgan fingerprint density at radius 3 is 2.38 bits per heavy atom. The molecule has 2 N–H and O–H groups in total. The Morgan fingerprint density at radius 1 is 1.17 bits per heavy atom. The largest absolute Gasteiger partial charge is 0.481 e. The van der Waals surface area contributed by atoms with Crippen molar-refractivity contribution in [1.29, 1.82) is 0 Å². The Morgan fingerprint density at radius 2 is 1.83 bits per heavy atom. The molecule has 126 valence electrons. The standard InChI is InChI=1S/C19H20FNO3/c1-3-19(18(23)24,15-7-5-4-6-8-15)12-21-17(22)14-10-9-13(2)16(20)11-14/h4-11H,3,12H2,1-2H3,(H,21,22)(H,23,24). The fraction of sp³-hybridized carbons (Fsp3) is 0.263. The molecule has 0 aliphatic rings. The van der Waals surface area contributed by atoms with E-state index in [1.54, 1.807) is 44.2 Å². The summed E-state index contributed by atoms with van der Waals surface area (Å²) in [6.45, 7) is 3.30. The van der Waals surface area contributed by atoms with Crippen molar-refractivity contribution in [3.63, 3.8) is 0 Å². The van der Waals surface area contributed by atoms with Gasteiger partial charge in [-0.25, -0.2) is 4.39 Å². The van der Waals surface area contributed by atoms with Crippen molar-refractivity contribution < 1.29 is 19.1 Å². The van der Waals surface area contributed by atoms with E-state index in [2.05, 4.69) is 5.32 Å². The molecule has 2 rings (SSSR count). The molecule has 0 radical (unpaired) electrons. The number of carbonyl (C=O) groups excluding carboxylic acids is 1. The van der Waals surface area contributed by atoms with Gasteiger partial charge in [0.05, 0.1) is 0 Å². The maximum absolute atomic E-state index is 13.6. The molecule has 0 bridgehead atoms. The zero-order chi connectivity index (χ0) is 17.7. The van der Waals surface area contributed by atoms with Crippen molar-refractivity contribution in [2.24, 2.45) is 0 Å². The van der Waals surface area contributed by atoms with Crippen LogP contribution in [-0.4, -0.2) is 23.5 Å². The molecule has 2 aromatic rings. The van der Waals surface area contributed by atoms with E-state index < -0.39 is 23.1 Å². The molecule has 24 heavy (non-hydrogen) atoms. The average molecular weight is 329 g/mol. The van der Waals surface area contributed by atoms with Crippen LogP contribution in [0.25, 0.3) is 0 Å². The lowest BCUT2D eigenvalue weighted by Crippen LogP contribution is -2.46. The first-order valence-electron chi connectivity index (χ1n) is 7.74. The van der Waals surface area contributed by atoms with Crippen LogP contribution in [-0.2, 0) is 10.2 Å². The minimum absolute atomic E-state index is 0.0722. The van der Waals surface area contributed by atoms with E-state index in [4.69, 9.17) is 0 Å². The molecule has 0 heterocycles. The molecule has 0 saturated carbocycles. The molecule has 2 aromatic carbocycles. The molecule has 0 aromatic heterocycles. The number of hydrogen-bond donors (Lipinski definition) is 2. The van der Waals surface area contributed by atoms with Crippen LogP contribution in [0.3, 0.4) is 0 Å². The molecular formula is C19H20FNO3. The van der Waals surface area contributed by atoms with Gasteiger partial charge in [-0.3, -0.25) is 9.59 Å². The second-order valence-electron chi connectivity index (χ2n) is 5.75. The molecule has 4 nitrogen and oxygen atoms in total. The Labute approximate surface area is 140 Å². The first kappa shape index (κ1) is 17.7. The van der Waals surface area contributed by atoms with Gasteiger partial charge in [-0.05, 0) is 36.6 Å². The van der Waals surface area contributed by atoms with Gasteiger partial charge in [0.15, 0.2) is 0 Å². The van der Waals surface area contributed by atoms with Gasteiger partial charge in [-0.15, -0.1) is 0 Å². The Bertz CT molecular complexity index is 746. The molecule has 0 spiro atoms. The van der Waals surface area contributed by atoms with Crippen LogP contribution in [0.1, 0.15) is 34.8 Å². The summed E-state index contributed by atoms with van der Waals surface area (Å²) in [5.41, 5.74) is 0.0152. The number of hydrogen-bond acceptors (Lipinski definition) is 2. The van der Waals surface area contributed by atoms with Crippen LogP contribution < -0.4 is 5.32 Å². The molecule has 0 aliphatic heterocycles. The molecule has 0 fully saturated rings. The summed E-state index contributed by atoms with van der Waals surface area (Å²) in [7, 11) is 0. The molecular weight excluding hydrogens is 309 g/mol. The topological polar surface area (TPSA) is 66.4 Å². The predicted molar refractivity (Wildman–Crippen MR) is 89.5 cm³/mol. The zero-order valence-electron chi connectivity index (χ0n) is 13.7. The summed E-state index contributed by atoms with van der Waals surface area (Å²) in [4.78, 5) is 24.1. The summed E-state index contributed by atoms with van der Waals surface area (Å²) >= 11 is 0. The Balaban J connectivity index is 2.23. The number of carbonyl (C=O) groups is 2. The van der Waals surface area contributed by atoms with Crippen LogP contribution in [0, 0.1) is 12.7 Å². The van der Waals surface area contributed by atoms with E-state index in [0.29, 0.717) is 17.5 Å². The summed E-state index contributed by atoms with van der Waals surface area (Å²) < 4.78 is 13.6. The van der Waals surface area contributed by atoms with Gasteiger partial charge < -0.3 is 10.4 Å². The van der Waals surface area contributed by atoms with Crippen molar-refractivity contribution in [2.45, 2.75) is 25.7 Å². The van der Waals surface area contributed by atoms with E-state index >= 15 is 0 Å². The van der Waals surface area contributed by atoms with E-state index in [9.17, 15) is 19.1 Å². The first-order chi connectivity index (χ1) is 11.4. The number of halogens is 1. The lowest BCUT2D eigenvalue weighted by atomic mass is 9.78. The van der Waals surface area contributed by atoms with Gasteiger partial charge in [0.1, 0.15) is 11.2 Å². The van der Waals surface area contributed by atoms with Crippen molar-refractivity contribution >= 4 is 11.9 Å². The molecule has 1 amide bonds. The maximum Gasteiger partial charge on any atom is 0.315 e. The molecule has 5 heteroatoms. The van der Waals surface area contributed by atoms with Gasteiger partial charge in [0, 0.05) is 12.1 Å². The molecule has 0 aliphatic carbocycles. The van der Waals surface area contributed by atoms with Gasteiger partial charge >= 0.3 is 5.97 Å². The van der Waals surface area contributed by atoms with Crippen LogP contribution in [0.4, 0.5) is 4.39 Å². The fourth-order valence-corrected chi connectivity index (χ4v) is 2.61. The third kappa shape index (κ3) is 3.45. The van der Waals surface area contributed by atoms with Gasteiger partial charge in [0.25, 0.3) is 5.91 Å². The molecule has 0 saturated heterocycles. The lowest BCUT2D eigenvalue weighted by Gasteiger charge is -2.29. The number of amides is 1. The number of aliphatic carboxylic acids is 1. The maximum atomic E-state index is 13.6. The summed E-state index contributed by atoms with van der Waals surface area (Å²) in [5.74, 6) is -1.97. The van der Waals surface area contributed by atoms with E-state index in [1.165, 1.54) is 12.1 Å². The van der Waals surface area contributed by atoms with Crippen LogP contribution in [0.2, 0.25) is 0 Å². The molecule has 1 atom stereocenters. The van der Waals surface area contributed by atoms with Gasteiger partial charge in [-0.1, -0.05) is 43.3 Å². The van der Waals surface area contributed by atoms with E-state index in [1.807, 2.05) is 0 Å². The third-order valence-corrected chi connectivity index (χ3v) is 4.32. The number of carboxylic acids is 1. The summed E-state index contributed by atoms with van der Waals surface area (Å²) in [6.07, 6.45) is 0.314. The van der Waals surface area contributed by atoms with Crippen molar-refractivity contribution in [3.05, 3.63) is 71.0 Å². The summed E-state index contributed by atoms with van der Waals surface area (Å²) in [6, 6.07) is 13.0. The minimum Gasteiger partial charge on any atom is -0.481 e. The highest BCUT2D eigenvalue weighted by Gasteiger charge is 2.39. The lowest BCUT2D eigenvalue weighted by molar-refractivity contribution is -0.143. The zero-order valence-corrected chi connectivity index (χ0v) is 13.7. The predicted octanol–water partition coefficient (Wildman–Crippen LogP) is 3.30. The number of carboxylic acid groups (broad SMARTS) is 1. The van der Waals surface area contributed by atoms with Crippen LogP contribution >= 0.6 is 0 Å². The first-order valence-corrected chi connectivity index (χ1v) is 7.74. The normalized spacial score (nSPS) is 13.1. The fourth-order valence-electron chi connectivity index (χ4n) is 2.61. The van der Waals surface area contributed by atoms with Gasteiger partial charge in [-0.2, -0.15) is 0 Å². The quantitative estimate of drug-likeness (QED) is 0.854. The molecule has 1 unspecified atom stereocenters. The third-order valence-electron chi connectivity index (χ3n) is 4.32. The van der Waals surface area contributed by atoms with Gasteiger partial charge in [0.2, 0.25) is 0 Å². The van der Waals surface area contributed by atoms with Crippen LogP contribution in [0.5, 0.6) is 0 Å². The average Bonchev–Trinajstić information content (AvgIpc) is 2.58. The number of nitrogens with one attached hydrogen (secondary N) is 1. The van der Waals surface area contributed by atoms with E-state index in [-0.39, 0.29) is 12.1 Å². The van der Waals surface area contributed by atoms with Crippen molar-refractivity contribution in [1.82, 2.24) is 5.32 Å². The Hall–Kier alpha value is -2.69. The second-order valence-corrected chi connectivity index (χ2v) is 5.75. The highest BCUT2D eigenvalue weighted by Crippen LogP contribution is 2.28. The SMILES string of the molecule is CCC(CNC(=O)c1ccc(C)c(F)c1)(C(=O)O)c1ccccc1. The van der Waals surface area contributed by atoms with Crippen molar-refractivity contribution in [3.8, 4) is 0 Å². The number of rotatable bonds is 6. The van der Waals surface area contributed by atoms with E-state index in [0.717, 1.165) is 6.07 Å². The number of benzene rings is 2. The van der Waals surface area contributed by atoms with Crippen molar-refractivity contribution in [2.75, 3.05) is 6.54 Å². The second kappa shape index (κ2) is 7.25. The summed E-state index contributed by atoms with van der Waals surface area (Å²) in [5, 5.41) is 12.4.